The summed E-state index contributed by atoms with van der Waals surface area (Å²) in [5.41, 5.74) is 0. The molecule has 0 aliphatic rings. The molecule has 2 rings (SSSR count). The Labute approximate surface area is 151 Å². The van der Waals surface area contributed by atoms with Crippen molar-refractivity contribution in [2.24, 2.45) is 0 Å². The molecule has 0 unspecified atom stereocenters. The normalized spacial score (nSPS) is 12.3. The van der Waals surface area contributed by atoms with Gasteiger partial charge >= 0.3 is 6.18 Å². The average Bonchev–Trinajstić information content (AvgIpc) is 3.05. The van der Waals surface area contributed by atoms with Crippen molar-refractivity contribution >= 4 is 27.5 Å². The van der Waals surface area contributed by atoms with Crippen LogP contribution < -0.4 is 5.32 Å². The molecule has 0 aromatic carbocycles. The minimum Gasteiger partial charge on any atom is -0.468 e. The summed E-state index contributed by atoms with van der Waals surface area (Å²) in [5.74, 6) is -0.904. The van der Waals surface area contributed by atoms with Gasteiger partial charge in [-0.1, -0.05) is 11.6 Å². The van der Waals surface area contributed by atoms with Crippen molar-refractivity contribution in [3.05, 3.63) is 47.6 Å². The topological polar surface area (TPSA) is 92.5 Å². The highest BCUT2D eigenvalue weighted by Crippen LogP contribution is 2.19. The second-order valence-corrected chi connectivity index (χ2v) is 7.39. The number of halogens is 4. The lowest BCUT2D eigenvalue weighted by molar-refractivity contribution is -0.138. The molecule has 2 aromatic rings. The minimum absolute atomic E-state index is 0.0597. The molecular formula is C14H13ClF3N3O4S. The van der Waals surface area contributed by atoms with E-state index >= 15 is 0 Å². The number of hydrogen-bond acceptors (Lipinski definition) is 5. The Morgan fingerprint density at radius 3 is 2.58 bits per heavy atom. The summed E-state index contributed by atoms with van der Waals surface area (Å²) in [6, 6.07) is 5.39. The molecule has 0 aliphatic heterocycles. The molecule has 0 saturated carbocycles. The van der Waals surface area contributed by atoms with Crippen LogP contribution in [0, 0.1) is 0 Å². The predicted octanol–water partition coefficient (Wildman–Crippen LogP) is 2.20. The zero-order valence-corrected chi connectivity index (χ0v) is 14.6. The molecule has 142 valence electrons. The fourth-order valence-corrected chi connectivity index (χ4v) is 3.30. The maximum absolute atomic E-state index is 12.7. The fourth-order valence-electron chi connectivity index (χ4n) is 1.88. The number of aromatic nitrogens is 1. The SMILES string of the molecule is O=C(CN(Cc1ccco1)S(=O)(=O)c1ccc(Cl)nc1)NCC(F)(F)F. The highest BCUT2D eigenvalue weighted by molar-refractivity contribution is 7.89. The average molecular weight is 412 g/mol. The van der Waals surface area contributed by atoms with Crippen LogP contribution in [0.3, 0.4) is 0 Å². The molecule has 0 radical (unpaired) electrons. The van der Waals surface area contributed by atoms with Gasteiger partial charge in [-0.05, 0) is 24.3 Å². The molecule has 2 heterocycles. The molecule has 0 aliphatic carbocycles. The van der Waals surface area contributed by atoms with Crippen LogP contribution in [-0.4, -0.2) is 42.9 Å². The number of nitrogens with zero attached hydrogens (tertiary/aromatic N) is 2. The molecule has 12 heteroatoms. The standard InChI is InChI=1S/C14H13ClF3N3O4S/c15-12-4-3-11(6-19-12)26(23,24)21(7-10-2-1-5-25-10)8-13(22)20-9-14(16,17)18/h1-6H,7-9H2,(H,20,22). The number of alkyl halides is 3. The molecule has 0 fully saturated rings. The highest BCUT2D eigenvalue weighted by atomic mass is 35.5. The maximum atomic E-state index is 12.7. The van der Waals surface area contributed by atoms with Gasteiger partial charge in [0.25, 0.3) is 0 Å². The van der Waals surface area contributed by atoms with Crippen molar-refractivity contribution in [1.82, 2.24) is 14.6 Å². The monoisotopic (exact) mass is 411 g/mol. The van der Waals surface area contributed by atoms with Crippen LogP contribution in [-0.2, 0) is 21.4 Å². The third-order valence-electron chi connectivity index (χ3n) is 3.06. The predicted molar refractivity (Wildman–Crippen MR) is 84.6 cm³/mol. The van der Waals surface area contributed by atoms with Gasteiger partial charge in [0.1, 0.15) is 22.4 Å². The van der Waals surface area contributed by atoms with Gasteiger partial charge in [-0.2, -0.15) is 17.5 Å². The lowest BCUT2D eigenvalue weighted by Crippen LogP contribution is -2.43. The Morgan fingerprint density at radius 1 is 1.31 bits per heavy atom. The molecule has 7 nitrogen and oxygen atoms in total. The first-order valence-corrected chi connectivity index (χ1v) is 8.87. The first-order chi connectivity index (χ1) is 12.1. The van der Waals surface area contributed by atoms with E-state index in [4.69, 9.17) is 16.0 Å². The van der Waals surface area contributed by atoms with Crippen molar-refractivity contribution in [3.63, 3.8) is 0 Å². The van der Waals surface area contributed by atoms with Crippen LogP contribution in [0.4, 0.5) is 13.2 Å². The van der Waals surface area contributed by atoms with Crippen molar-refractivity contribution in [1.29, 1.82) is 0 Å². The number of amides is 1. The van der Waals surface area contributed by atoms with E-state index in [1.807, 2.05) is 0 Å². The summed E-state index contributed by atoms with van der Waals surface area (Å²) in [7, 11) is -4.23. The Hall–Kier alpha value is -2.11. The zero-order chi connectivity index (χ0) is 19.4. The Morgan fingerprint density at radius 2 is 2.04 bits per heavy atom. The van der Waals surface area contributed by atoms with Crippen LogP contribution in [0.25, 0.3) is 0 Å². The summed E-state index contributed by atoms with van der Waals surface area (Å²) in [6.07, 6.45) is -2.32. The van der Waals surface area contributed by atoms with E-state index in [0.29, 0.717) is 4.31 Å². The quantitative estimate of drug-likeness (QED) is 0.705. The van der Waals surface area contributed by atoms with Crippen molar-refractivity contribution < 1.29 is 30.8 Å². The van der Waals surface area contributed by atoms with Gasteiger partial charge in [0.2, 0.25) is 15.9 Å². The fraction of sp³-hybridized carbons (Fsp3) is 0.286. The van der Waals surface area contributed by atoms with E-state index in [2.05, 4.69) is 4.98 Å². The molecular weight excluding hydrogens is 399 g/mol. The first kappa shape index (κ1) is 20.2. The molecule has 0 saturated heterocycles. The number of rotatable bonds is 7. The number of hydrogen-bond donors (Lipinski definition) is 1. The largest absolute Gasteiger partial charge is 0.468 e. The summed E-state index contributed by atoms with van der Waals surface area (Å²) in [5, 5.41) is 1.69. The molecule has 1 amide bonds. The Balaban J connectivity index is 2.22. The Kier molecular flexibility index (Phi) is 6.26. The van der Waals surface area contributed by atoms with E-state index in [9.17, 15) is 26.4 Å². The number of pyridine rings is 1. The van der Waals surface area contributed by atoms with Crippen LogP contribution in [0.2, 0.25) is 5.15 Å². The van der Waals surface area contributed by atoms with Gasteiger partial charge in [0.05, 0.1) is 19.4 Å². The van der Waals surface area contributed by atoms with Gasteiger partial charge < -0.3 is 9.73 Å². The Bertz CT molecular complexity index is 839. The van der Waals surface area contributed by atoms with E-state index in [1.54, 1.807) is 5.32 Å². The maximum Gasteiger partial charge on any atom is 0.405 e. The van der Waals surface area contributed by atoms with E-state index in [0.717, 1.165) is 6.20 Å². The van der Waals surface area contributed by atoms with Gasteiger partial charge in [0.15, 0.2) is 0 Å². The molecule has 2 aromatic heterocycles. The highest BCUT2D eigenvalue weighted by Gasteiger charge is 2.31. The summed E-state index contributed by atoms with van der Waals surface area (Å²) in [4.78, 5) is 15.2. The van der Waals surface area contributed by atoms with Gasteiger partial charge in [-0.15, -0.1) is 0 Å². The third-order valence-corrected chi connectivity index (χ3v) is 5.06. The lowest BCUT2D eigenvalue weighted by Gasteiger charge is -2.21. The molecule has 26 heavy (non-hydrogen) atoms. The van der Waals surface area contributed by atoms with Crippen molar-refractivity contribution in [2.75, 3.05) is 13.1 Å². The minimum atomic E-state index is -4.61. The van der Waals surface area contributed by atoms with E-state index < -0.39 is 35.2 Å². The number of sulfonamides is 1. The first-order valence-electron chi connectivity index (χ1n) is 7.05. The van der Waals surface area contributed by atoms with Crippen LogP contribution in [0.1, 0.15) is 5.76 Å². The van der Waals surface area contributed by atoms with Crippen LogP contribution >= 0.6 is 11.6 Å². The molecule has 0 bridgehead atoms. The summed E-state index contributed by atoms with van der Waals surface area (Å²) < 4.78 is 67.8. The van der Waals surface area contributed by atoms with Crippen molar-refractivity contribution in [3.8, 4) is 0 Å². The van der Waals surface area contributed by atoms with E-state index in [1.165, 1.54) is 30.5 Å². The van der Waals surface area contributed by atoms with Crippen molar-refractivity contribution in [2.45, 2.75) is 17.6 Å². The lowest BCUT2D eigenvalue weighted by atomic mass is 10.4. The van der Waals surface area contributed by atoms with E-state index in [-0.39, 0.29) is 22.4 Å². The number of furan rings is 1. The molecule has 0 spiro atoms. The third kappa shape index (κ3) is 5.71. The smallest absolute Gasteiger partial charge is 0.405 e. The van der Waals surface area contributed by atoms with Crippen LogP contribution in [0.15, 0.2) is 46.0 Å². The second-order valence-electron chi connectivity index (χ2n) is 5.06. The zero-order valence-electron chi connectivity index (χ0n) is 13.0. The summed E-state index contributed by atoms with van der Waals surface area (Å²) in [6.45, 7) is -2.75. The molecule has 1 N–H and O–H groups in total. The van der Waals surface area contributed by atoms with Gasteiger partial charge in [0, 0.05) is 6.20 Å². The number of carbonyl (C=O) groups is 1. The van der Waals surface area contributed by atoms with Crippen LogP contribution in [0.5, 0.6) is 0 Å². The molecule has 0 atom stereocenters. The number of carbonyl (C=O) groups excluding carboxylic acids is 1. The second kappa shape index (κ2) is 8.06. The van der Waals surface area contributed by atoms with Gasteiger partial charge in [-0.3, -0.25) is 4.79 Å². The number of nitrogens with one attached hydrogen (secondary N) is 1. The van der Waals surface area contributed by atoms with Gasteiger partial charge in [-0.25, -0.2) is 13.4 Å². The summed E-state index contributed by atoms with van der Waals surface area (Å²) >= 11 is 5.62.